The zero-order valence-electron chi connectivity index (χ0n) is 10.7. The van der Waals surface area contributed by atoms with E-state index in [-0.39, 0.29) is 11.3 Å². The van der Waals surface area contributed by atoms with Crippen LogP contribution in [-0.2, 0) is 4.79 Å². The molecule has 0 aliphatic carbocycles. The van der Waals surface area contributed by atoms with Crippen molar-refractivity contribution in [2.45, 2.75) is 47.0 Å². The Balaban J connectivity index is 4.32. The van der Waals surface area contributed by atoms with Crippen molar-refractivity contribution in [3.8, 4) is 0 Å². The number of hydrogen-bond donors (Lipinski definition) is 1. The summed E-state index contributed by atoms with van der Waals surface area (Å²) in [5.41, 5.74) is 5.71. The molecular weight excluding hydrogens is 188 g/mol. The molecule has 0 aliphatic heterocycles. The lowest BCUT2D eigenvalue weighted by Crippen LogP contribution is -2.42. The number of carbonyl (C=O) groups is 1. The van der Waals surface area contributed by atoms with E-state index in [1.165, 1.54) is 0 Å². The second-order valence-corrected chi connectivity index (χ2v) is 4.93. The van der Waals surface area contributed by atoms with E-state index in [0.717, 1.165) is 25.9 Å². The normalized spacial score (nSPS) is 11.5. The third kappa shape index (κ3) is 5.78. The third-order valence-corrected chi connectivity index (χ3v) is 2.48. The predicted octanol–water partition coefficient (Wildman–Crippen LogP) is 2.01. The number of hydrogen-bond acceptors (Lipinski definition) is 2. The summed E-state index contributed by atoms with van der Waals surface area (Å²) >= 11 is 0. The van der Waals surface area contributed by atoms with Gasteiger partial charge in [-0.15, -0.1) is 0 Å². The van der Waals surface area contributed by atoms with E-state index < -0.39 is 0 Å². The van der Waals surface area contributed by atoms with Crippen LogP contribution in [0.25, 0.3) is 0 Å². The first-order chi connectivity index (χ1) is 6.96. The minimum atomic E-state index is 0.0264. The molecule has 0 atom stereocenters. The van der Waals surface area contributed by atoms with E-state index in [4.69, 9.17) is 5.73 Å². The summed E-state index contributed by atoms with van der Waals surface area (Å²) in [6, 6.07) is 0. The molecule has 0 rings (SSSR count). The Kier molecular flexibility index (Phi) is 6.57. The zero-order chi connectivity index (χ0) is 11.9. The van der Waals surface area contributed by atoms with E-state index in [1.807, 2.05) is 11.8 Å². The second-order valence-electron chi connectivity index (χ2n) is 4.93. The highest BCUT2D eigenvalue weighted by Gasteiger charge is 2.22. The standard InChI is InChI=1S/C12H26N2O/c1-5-7-11(15)14(8-6-2)10-12(3,4)9-13/h5-10,13H2,1-4H3. The van der Waals surface area contributed by atoms with Crippen molar-refractivity contribution in [2.75, 3.05) is 19.6 Å². The summed E-state index contributed by atoms with van der Waals surface area (Å²) in [7, 11) is 0. The van der Waals surface area contributed by atoms with Crippen LogP contribution in [0.3, 0.4) is 0 Å². The Labute approximate surface area is 94.0 Å². The number of carbonyl (C=O) groups excluding carboxylic acids is 1. The Morgan fingerprint density at radius 3 is 2.27 bits per heavy atom. The minimum Gasteiger partial charge on any atom is -0.342 e. The average molecular weight is 214 g/mol. The quantitative estimate of drug-likeness (QED) is 0.704. The van der Waals surface area contributed by atoms with Crippen LogP contribution in [0.5, 0.6) is 0 Å². The van der Waals surface area contributed by atoms with Crippen LogP contribution in [0.15, 0.2) is 0 Å². The maximum absolute atomic E-state index is 11.8. The molecule has 0 aromatic carbocycles. The predicted molar refractivity (Wildman–Crippen MR) is 64.6 cm³/mol. The van der Waals surface area contributed by atoms with Crippen molar-refractivity contribution in [3.05, 3.63) is 0 Å². The summed E-state index contributed by atoms with van der Waals surface area (Å²) in [5, 5.41) is 0. The molecule has 0 saturated heterocycles. The van der Waals surface area contributed by atoms with Gasteiger partial charge in [-0.3, -0.25) is 4.79 Å². The van der Waals surface area contributed by atoms with E-state index in [2.05, 4.69) is 20.8 Å². The molecule has 0 saturated carbocycles. The molecule has 1 amide bonds. The van der Waals surface area contributed by atoms with Gasteiger partial charge in [0.15, 0.2) is 0 Å². The van der Waals surface area contributed by atoms with Gasteiger partial charge in [0.1, 0.15) is 0 Å². The maximum Gasteiger partial charge on any atom is 0.222 e. The Morgan fingerprint density at radius 1 is 1.27 bits per heavy atom. The molecule has 0 fully saturated rings. The third-order valence-electron chi connectivity index (χ3n) is 2.48. The van der Waals surface area contributed by atoms with Crippen LogP contribution in [-0.4, -0.2) is 30.4 Å². The van der Waals surface area contributed by atoms with Crippen LogP contribution < -0.4 is 5.73 Å². The van der Waals surface area contributed by atoms with E-state index >= 15 is 0 Å². The first-order valence-electron chi connectivity index (χ1n) is 5.94. The highest BCUT2D eigenvalue weighted by atomic mass is 16.2. The molecule has 15 heavy (non-hydrogen) atoms. The SMILES string of the molecule is CCCC(=O)N(CCC)CC(C)(C)CN. The summed E-state index contributed by atoms with van der Waals surface area (Å²) in [4.78, 5) is 13.8. The molecule has 0 radical (unpaired) electrons. The zero-order valence-corrected chi connectivity index (χ0v) is 10.7. The fraction of sp³-hybridized carbons (Fsp3) is 0.917. The molecule has 0 aliphatic rings. The monoisotopic (exact) mass is 214 g/mol. The van der Waals surface area contributed by atoms with Crippen molar-refractivity contribution >= 4 is 5.91 Å². The van der Waals surface area contributed by atoms with Crippen molar-refractivity contribution < 1.29 is 4.79 Å². The van der Waals surface area contributed by atoms with Crippen molar-refractivity contribution in [1.82, 2.24) is 4.90 Å². The molecule has 0 heterocycles. The van der Waals surface area contributed by atoms with Crippen LogP contribution >= 0.6 is 0 Å². The summed E-state index contributed by atoms with van der Waals surface area (Å²) in [6.07, 6.45) is 2.58. The molecule has 0 spiro atoms. The van der Waals surface area contributed by atoms with Crippen LogP contribution in [0.1, 0.15) is 47.0 Å². The second kappa shape index (κ2) is 6.83. The number of amides is 1. The van der Waals surface area contributed by atoms with Gasteiger partial charge in [0.05, 0.1) is 0 Å². The fourth-order valence-electron chi connectivity index (χ4n) is 1.52. The van der Waals surface area contributed by atoms with Crippen LogP contribution in [0, 0.1) is 5.41 Å². The van der Waals surface area contributed by atoms with Gasteiger partial charge >= 0.3 is 0 Å². The van der Waals surface area contributed by atoms with Crippen molar-refractivity contribution in [3.63, 3.8) is 0 Å². The molecule has 90 valence electrons. The smallest absolute Gasteiger partial charge is 0.222 e. The lowest BCUT2D eigenvalue weighted by molar-refractivity contribution is -0.132. The van der Waals surface area contributed by atoms with Crippen molar-refractivity contribution in [1.29, 1.82) is 0 Å². The number of nitrogens with two attached hydrogens (primary N) is 1. The molecule has 0 aromatic rings. The molecule has 2 N–H and O–H groups in total. The van der Waals surface area contributed by atoms with Crippen molar-refractivity contribution in [2.24, 2.45) is 11.1 Å². The van der Waals surface area contributed by atoms with Gasteiger partial charge in [-0.1, -0.05) is 27.7 Å². The van der Waals surface area contributed by atoms with Gasteiger partial charge in [-0.25, -0.2) is 0 Å². The highest BCUT2D eigenvalue weighted by Crippen LogP contribution is 2.16. The summed E-state index contributed by atoms with van der Waals surface area (Å²) in [5.74, 6) is 0.265. The first-order valence-corrected chi connectivity index (χ1v) is 5.94. The lowest BCUT2D eigenvalue weighted by atomic mass is 9.93. The van der Waals surface area contributed by atoms with Gasteiger partial charge in [0.25, 0.3) is 0 Å². The first kappa shape index (κ1) is 14.4. The molecule has 0 aromatic heterocycles. The maximum atomic E-state index is 11.8. The largest absolute Gasteiger partial charge is 0.342 e. The van der Waals surface area contributed by atoms with E-state index in [0.29, 0.717) is 13.0 Å². The van der Waals surface area contributed by atoms with Gasteiger partial charge in [0, 0.05) is 19.5 Å². The lowest BCUT2D eigenvalue weighted by Gasteiger charge is -2.31. The Bertz CT molecular complexity index is 190. The van der Waals surface area contributed by atoms with Gasteiger partial charge in [0.2, 0.25) is 5.91 Å². The Hall–Kier alpha value is -0.570. The number of nitrogens with zero attached hydrogens (tertiary/aromatic N) is 1. The molecular formula is C12H26N2O. The topological polar surface area (TPSA) is 46.3 Å². The van der Waals surface area contributed by atoms with Crippen LogP contribution in [0.4, 0.5) is 0 Å². The van der Waals surface area contributed by atoms with Crippen LogP contribution in [0.2, 0.25) is 0 Å². The fourth-order valence-corrected chi connectivity index (χ4v) is 1.52. The number of rotatable bonds is 7. The summed E-state index contributed by atoms with van der Waals surface area (Å²) < 4.78 is 0. The van der Waals surface area contributed by atoms with Gasteiger partial charge in [-0.2, -0.15) is 0 Å². The van der Waals surface area contributed by atoms with Gasteiger partial charge in [-0.05, 0) is 24.8 Å². The molecule has 0 bridgehead atoms. The molecule has 3 nitrogen and oxygen atoms in total. The summed E-state index contributed by atoms with van der Waals surface area (Å²) in [6.45, 7) is 10.6. The van der Waals surface area contributed by atoms with E-state index in [1.54, 1.807) is 0 Å². The average Bonchev–Trinajstić information content (AvgIpc) is 2.17. The van der Waals surface area contributed by atoms with E-state index in [9.17, 15) is 4.79 Å². The molecule has 0 unspecified atom stereocenters. The molecule has 3 heteroatoms. The van der Waals surface area contributed by atoms with Gasteiger partial charge < -0.3 is 10.6 Å². The Morgan fingerprint density at radius 2 is 1.87 bits per heavy atom. The highest BCUT2D eigenvalue weighted by molar-refractivity contribution is 5.76. The minimum absolute atomic E-state index is 0.0264.